The third-order valence-corrected chi connectivity index (χ3v) is 3.67. The molecule has 0 radical (unpaired) electrons. The van der Waals surface area contributed by atoms with Crippen molar-refractivity contribution in [3.63, 3.8) is 0 Å². The first-order valence-electron chi connectivity index (χ1n) is 8.11. The van der Waals surface area contributed by atoms with Crippen molar-refractivity contribution in [3.8, 4) is 11.6 Å². The van der Waals surface area contributed by atoms with Gasteiger partial charge >= 0.3 is 12.3 Å². The first kappa shape index (κ1) is 19.3. The van der Waals surface area contributed by atoms with Crippen LogP contribution < -0.4 is 10.1 Å². The van der Waals surface area contributed by atoms with E-state index in [9.17, 15) is 22.4 Å². The van der Waals surface area contributed by atoms with Crippen LogP contribution >= 0.6 is 0 Å². The zero-order valence-corrected chi connectivity index (χ0v) is 14.3. The Bertz CT molecular complexity index is 940. The van der Waals surface area contributed by atoms with Crippen LogP contribution in [0, 0.1) is 5.82 Å². The minimum atomic E-state index is -4.82. The number of halogens is 4. The van der Waals surface area contributed by atoms with Gasteiger partial charge in [-0.05, 0) is 36.2 Å². The number of alkyl halides is 3. The molecule has 1 amide bonds. The smallest absolute Gasteiger partial charge is 0.406 e. The highest BCUT2D eigenvalue weighted by atomic mass is 19.4. The molecule has 10 heteroatoms. The van der Waals surface area contributed by atoms with E-state index < -0.39 is 23.7 Å². The Morgan fingerprint density at radius 1 is 1.14 bits per heavy atom. The topological polar surface area (TPSA) is 69.0 Å². The maximum absolute atomic E-state index is 13.5. The van der Waals surface area contributed by atoms with Crippen molar-refractivity contribution in [2.24, 2.45) is 0 Å². The van der Waals surface area contributed by atoms with Gasteiger partial charge in [-0.2, -0.15) is 18.3 Å². The predicted molar refractivity (Wildman–Crippen MR) is 90.5 cm³/mol. The molecule has 0 fully saturated rings. The van der Waals surface area contributed by atoms with Gasteiger partial charge in [-0.1, -0.05) is 18.2 Å². The molecule has 146 valence electrons. The molecular formula is C18H14F4N4O2. The summed E-state index contributed by atoms with van der Waals surface area (Å²) in [5, 5.41) is 5.98. The molecule has 0 saturated carbocycles. The molecule has 3 rings (SSSR count). The number of benzene rings is 1. The number of rotatable bonds is 5. The van der Waals surface area contributed by atoms with E-state index >= 15 is 0 Å². The van der Waals surface area contributed by atoms with Crippen LogP contribution in [0.5, 0.6) is 5.75 Å². The van der Waals surface area contributed by atoms with Gasteiger partial charge < -0.3 is 10.1 Å². The fraction of sp³-hybridized carbons (Fsp3) is 0.167. The number of carbonyl (C=O) groups is 1. The second-order valence-electron chi connectivity index (χ2n) is 5.65. The molecule has 28 heavy (non-hydrogen) atoms. The van der Waals surface area contributed by atoms with E-state index in [-0.39, 0.29) is 18.2 Å². The Labute approximate surface area is 156 Å². The zero-order valence-electron chi connectivity index (χ0n) is 14.3. The lowest BCUT2D eigenvalue weighted by Gasteiger charge is -2.12. The minimum absolute atomic E-state index is 0.0682. The molecule has 0 spiro atoms. The molecule has 0 unspecified atom stereocenters. The maximum Gasteiger partial charge on any atom is 0.437 e. The van der Waals surface area contributed by atoms with Crippen molar-refractivity contribution < 1.29 is 27.1 Å². The van der Waals surface area contributed by atoms with E-state index in [1.807, 2.05) is 0 Å². The average Bonchev–Trinajstić information content (AvgIpc) is 3.08. The van der Waals surface area contributed by atoms with E-state index in [4.69, 9.17) is 4.74 Å². The van der Waals surface area contributed by atoms with E-state index in [2.05, 4.69) is 15.4 Å². The highest BCUT2D eigenvalue weighted by molar-refractivity contribution is 5.70. The van der Waals surface area contributed by atoms with Crippen LogP contribution in [0.3, 0.4) is 0 Å². The SMILES string of the molecule is O=C(NCCc1ccc(F)cc1)Oc1cnn(-c2ccccn2)c1C(F)(F)F. The number of pyridine rings is 1. The summed E-state index contributed by atoms with van der Waals surface area (Å²) in [4.78, 5) is 15.7. The number of nitrogens with zero attached hydrogens (tertiary/aromatic N) is 3. The molecule has 2 heterocycles. The van der Waals surface area contributed by atoms with Crippen molar-refractivity contribution in [1.29, 1.82) is 0 Å². The lowest BCUT2D eigenvalue weighted by Crippen LogP contribution is -2.29. The highest BCUT2D eigenvalue weighted by Gasteiger charge is 2.40. The summed E-state index contributed by atoms with van der Waals surface area (Å²) >= 11 is 0. The Hall–Kier alpha value is -3.43. The van der Waals surface area contributed by atoms with Gasteiger partial charge in [-0.15, -0.1) is 0 Å². The Balaban J connectivity index is 1.68. The van der Waals surface area contributed by atoms with Gasteiger partial charge in [-0.25, -0.2) is 18.9 Å². The summed E-state index contributed by atoms with van der Waals surface area (Å²) in [5.41, 5.74) is -0.500. The monoisotopic (exact) mass is 394 g/mol. The summed E-state index contributed by atoms with van der Waals surface area (Å²) in [7, 11) is 0. The van der Waals surface area contributed by atoms with E-state index in [0.717, 1.165) is 11.8 Å². The van der Waals surface area contributed by atoms with Crippen molar-refractivity contribution in [1.82, 2.24) is 20.1 Å². The van der Waals surface area contributed by atoms with E-state index in [0.29, 0.717) is 11.1 Å². The first-order chi connectivity index (χ1) is 13.3. The summed E-state index contributed by atoms with van der Waals surface area (Å²) in [5.74, 6) is -1.19. The summed E-state index contributed by atoms with van der Waals surface area (Å²) in [6.07, 6.45) is -3.41. The number of nitrogens with one attached hydrogen (secondary N) is 1. The fourth-order valence-corrected chi connectivity index (χ4v) is 2.42. The van der Waals surface area contributed by atoms with E-state index in [1.54, 1.807) is 18.2 Å². The molecule has 0 aliphatic heterocycles. The van der Waals surface area contributed by atoms with Crippen molar-refractivity contribution in [2.45, 2.75) is 12.6 Å². The van der Waals surface area contributed by atoms with Crippen LogP contribution in [0.1, 0.15) is 11.3 Å². The van der Waals surface area contributed by atoms with Gasteiger partial charge in [-0.3, -0.25) is 0 Å². The van der Waals surface area contributed by atoms with Crippen LogP contribution in [-0.2, 0) is 12.6 Å². The summed E-state index contributed by atoms with van der Waals surface area (Å²) in [6.45, 7) is 0.0974. The standard InChI is InChI=1S/C18H14F4N4O2/c19-13-6-4-12(5-7-13)8-10-24-17(27)28-14-11-25-26(16(14)18(20,21)22)15-3-1-2-9-23-15/h1-7,9,11H,8,10H2,(H,24,27). The molecule has 0 atom stereocenters. The molecule has 0 bridgehead atoms. The number of hydrogen-bond donors (Lipinski definition) is 1. The molecule has 0 saturated heterocycles. The van der Waals surface area contributed by atoms with Crippen LogP contribution in [0.25, 0.3) is 5.82 Å². The minimum Gasteiger partial charge on any atom is -0.406 e. The second-order valence-corrected chi connectivity index (χ2v) is 5.65. The second kappa shape index (κ2) is 8.07. The van der Waals surface area contributed by atoms with Crippen LogP contribution in [0.4, 0.5) is 22.4 Å². The maximum atomic E-state index is 13.5. The summed E-state index contributed by atoms with van der Waals surface area (Å²) in [6, 6.07) is 10.0. The van der Waals surface area contributed by atoms with Gasteiger partial charge in [0.2, 0.25) is 0 Å². The first-order valence-corrected chi connectivity index (χ1v) is 8.11. The molecule has 0 aliphatic carbocycles. The predicted octanol–water partition coefficient (Wildman–Crippen LogP) is 3.76. The normalized spacial score (nSPS) is 11.3. The molecule has 0 aliphatic rings. The van der Waals surface area contributed by atoms with Gasteiger partial charge in [0.1, 0.15) is 5.82 Å². The van der Waals surface area contributed by atoms with Crippen molar-refractivity contribution >= 4 is 6.09 Å². The molecular weight excluding hydrogens is 380 g/mol. The summed E-state index contributed by atoms with van der Waals surface area (Å²) < 4.78 is 58.6. The van der Waals surface area contributed by atoms with Gasteiger partial charge in [0.25, 0.3) is 0 Å². The van der Waals surface area contributed by atoms with E-state index in [1.165, 1.54) is 30.5 Å². The lowest BCUT2D eigenvalue weighted by atomic mass is 10.1. The third-order valence-electron chi connectivity index (χ3n) is 3.67. The van der Waals surface area contributed by atoms with Gasteiger partial charge in [0, 0.05) is 12.7 Å². The van der Waals surface area contributed by atoms with Gasteiger partial charge in [0.15, 0.2) is 17.3 Å². The number of hydrogen-bond acceptors (Lipinski definition) is 4. The van der Waals surface area contributed by atoms with Crippen molar-refractivity contribution in [3.05, 3.63) is 71.9 Å². The molecule has 3 aromatic rings. The van der Waals surface area contributed by atoms with Crippen molar-refractivity contribution in [2.75, 3.05) is 6.54 Å². The van der Waals surface area contributed by atoms with Crippen LogP contribution in [0.2, 0.25) is 0 Å². The highest BCUT2D eigenvalue weighted by Crippen LogP contribution is 2.37. The fourth-order valence-electron chi connectivity index (χ4n) is 2.42. The third kappa shape index (κ3) is 4.64. The number of amides is 1. The number of ether oxygens (including phenoxy) is 1. The van der Waals surface area contributed by atoms with Crippen LogP contribution in [0.15, 0.2) is 54.9 Å². The van der Waals surface area contributed by atoms with Crippen LogP contribution in [-0.4, -0.2) is 27.4 Å². The zero-order chi connectivity index (χ0) is 20.1. The quantitative estimate of drug-likeness (QED) is 0.669. The molecule has 1 aromatic carbocycles. The molecule has 6 nitrogen and oxygen atoms in total. The number of carbonyl (C=O) groups excluding carboxylic acids is 1. The lowest BCUT2D eigenvalue weighted by molar-refractivity contribution is -0.143. The van der Waals surface area contributed by atoms with Gasteiger partial charge in [0.05, 0.1) is 6.20 Å². The molecule has 2 aromatic heterocycles. The Morgan fingerprint density at radius 2 is 1.89 bits per heavy atom. The largest absolute Gasteiger partial charge is 0.437 e. The number of aromatic nitrogens is 3. The Kier molecular flexibility index (Phi) is 5.57. The Morgan fingerprint density at radius 3 is 2.54 bits per heavy atom. The molecule has 1 N–H and O–H groups in total. The average molecular weight is 394 g/mol.